The molecule has 1 aromatic carbocycles. The summed E-state index contributed by atoms with van der Waals surface area (Å²) in [5.41, 5.74) is 0.990. The van der Waals surface area contributed by atoms with Crippen LogP contribution in [-0.4, -0.2) is 48.0 Å². The van der Waals surface area contributed by atoms with E-state index in [1.807, 2.05) is 13.1 Å². The summed E-state index contributed by atoms with van der Waals surface area (Å²) < 4.78 is 30.1. The third-order valence-corrected chi connectivity index (χ3v) is 8.39. The highest BCUT2D eigenvalue weighted by molar-refractivity contribution is 9.10. The van der Waals surface area contributed by atoms with Gasteiger partial charge in [0.1, 0.15) is 4.90 Å². The molecule has 30 heavy (non-hydrogen) atoms. The van der Waals surface area contributed by atoms with Crippen LogP contribution < -0.4 is 5.32 Å². The van der Waals surface area contributed by atoms with Gasteiger partial charge < -0.3 is 5.32 Å². The Hall–Kier alpha value is -1.13. The van der Waals surface area contributed by atoms with Gasteiger partial charge in [-0.25, -0.2) is 8.42 Å². The molecular weight excluding hydrogens is 515 g/mol. The Morgan fingerprint density at radius 3 is 2.53 bits per heavy atom. The number of hydrogen-bond acceptors (Lipinski definition) is 4. The van der Waals surface area contributed by atoms with Crippen molar-refractivity contribution in [3.63, 3.8) is 0 Å². The van der Waals surface area contributed by atoms with Gasteiger partial charge >= 0.3 is 0 Å². The van der Waals surface area contributed by atoms with Gasteiger partial charge in [0.15, 0.2) is 0 Å². The Morgan fingerprint density at radius 1 is 1.20 bits per heavy atom. The number of benzene rings is 1. The highest BCUT2D eigenvalue weighted by Gasteiger charge is 2.29. The van der Waals surface area contributed by atoms with E-state index in [0.29, 0.717) is 32.6 Å². The zero-order valence-electron chi connectivity index (χ0n) is 16.5. The van der Waals surface area contributed by atoms with Gasteiger partial charge in [-0.2, -0.15) is 9.40 Å². The zero-order valence-corrected chi connectivity index (χ0v) is 20.4. The summed E-state index contributed by atoms with van der Waals surface area (Å²) >= 11 is 15.8. The number of nitrogens with zero attached hydrogens (tertiary/aromatic N) is 3. The van der Waals surface area contributed by atoms with E-state index in [1.165, 1.54) is 16.4 Å². The van der Waals surface area contributed by atoms with Crippen LogP contribution >= 0.6 is 39.1 Å². The normalized spacial score (nSPS) is 15.3. The molecule has 3 rings (SSSR count). The van der Waals surface area contributed by atoms with Crippen molar-refractivity contribution in [1.29, 1.82) is 0 Å². The summed E-state index contributed by atoms with van der Waals surface area (Å²) in [5.74, 6) is -0.440. The van der Waals surface area contributed by atoms with Gasteiger partial charge in [0, 0.05) is 32.4 Å². The molecule has 0 spiro atoms. The number of amides is 1. The van der Waals surface area contributed by atoms with Crippen molar-refractivity contribution in [2.24, 2.45) is 0 Å². The van der Waals surface area contributed by atoms with Crippen molar-refractivity contribution in [3.05, 3.63) is 44.1 Å². The van der Waals surface area contributed by atoms with Crippen LogP contribution in [-0.2, 0) is 16.6 Å². The van der Waals surface area contributed by atoms with E-state index in [0.717, 1.165) is 29.4 Å². The smallest absolute Gasteiger partial charge is 0.252 e. The van der Waals surface area contributed by atoms with E-state index in [1.54, 1.807) is 4.68 Å². The molecule has 0 atom stereocenters. The number of sulfonamides is 1. The molecule has 2 heterocycles. The second kappa shape index (κ2) is 9.99. The molecule has 2 aromatic rings. The molecule has 1 N–H and O–H groups in total. The highest BCUT2D eigenvalue weighted by Crippen LogP contribution is 2.31. The molecule has 0 aliphatic carbocycles. The van der Waals surface area contributed by atoms with Crippen molar-refractivity contribution in [2.45, 2.75) is 44.0 Å². The number of aryl methyl sites for hydroxylation is 2. The minimum absolute atomic E-state index is 0.0155. The molecule has 0 saturated carbocycles. The van der Waals surface area contributed by atoms with Crippen LogP contribution in [0.15, 0.2) is 27.7 Å². The standard InChI is InChI=1S/C19H23BrCl2N4O3S/c1-13-15(20)12-25(24-13)7-5-6-23-19(27)14-10-18(17(22)11-16(14)21)30(28,29)26-8-3-2-4-9-26/h10-12H,2-9H2,1H3,(H,23,27). The van der Waals surface area contributed by atoms with Crippen LogP contribution in [0.3, 0.4) is 0 Å². The molecule has 1 aliphatic heterocycles. The average Bonchev–Trinajstić information content (AvgIpc) is 3.03. The lowest BCUT2D eigenvalue weighted by atomic mass is 10.2. The minimum atomic E-state index is -3.78. The van der Waals surface area contributed by atoms with Crippen molar-refractivity contribution >= 4 is 55.1 Å². The first-order valence-corrected chi connectivity index (χ1v) is 12.7. The monoisotopic (exact) mass is 536 g/mol. The summed E-state index contributed by atoms with van der Waals surface area (Å²) in [7, 11) is -3.78. The highest BCUT2D eigenvalue weighted by atomic mass is 79.9. The van der Waals surface area contributed by atoms with Crippen molar-refractivity contribution < 1.29 is 13.2 Å². The second-order valence-corrected chi connectivity index (χ2v) is 10.7. The number of rotatable bonds is 7. The Kier molecular flexibility index (Phi) is 7.84. The first-order valence-electron chi connectivity index (χ1n) is 9.67. The van der Waals surface area contributed by atoms with Crippen LogP contribution in [0.5, 0.6) is 0 Å². The van der Waals surface area contributed by atoms with E-state index in [4.69, 9.17) is 23.2 Å². The quantitative estimate of drug-likeness (QED) is 0.535. The van der Waals surface area contributed by atoms with Crippen LogP contribution in [0.2, 0.25) is 10.0 Å². The Morgan fingerprint density at radius 2 is 1.90 bits per heavy atom. The SMILES string of the molecule is Cc1nn(CCCNC(=O)c2cc(S(=O)(=O)N3CCCCC3)c(Cl)cc2Cl)cc1Br. The van der Waals surface area contributed by atoms with Gasteiger partial charge in [0.25, 0.3) is 5.91 Å². The summed E-state index contributed by atoms with van der Waals surface area (Å²) in [6, 6.07) is 2.59. The van der Waals surface area contributed by atoms with Crippen LogP contribution in [0.25, 0.3) is 0 Å². The van der Waals surface area contributed by atoms with Crippen molar-refractivity contribution in [3.8, 4) is 0 Å². The van der Waals surface area contributed by atoms with E-state index >= 15 is 0 Å². The minimum Gasteiger partial charge on any atom is -0.352 e. The molecule has 7 nitrogen and oxygen atoms in total. The first-order chi connectivity index (χ1) is 14.2. The maximum absolute atomic E-state index is 13.0. The van der Waals surface area contributed by atoms with E-state index in [9.17, 15) is 13.2 Å². The number of hydrogen-bond donors (Lipinski definition) is 1. The van der Waals surface area contributed by atoms with Gasteiger partial charge in [0.2, 0.25) is 10.0 Å². The molecule has 1 saturated heterocycles. The van der Waals surface area contributed by atoms with E-state index in [2.05, 4.69) is 26.3 Å². The first kappa shape index (κ1) is 23.5. The summed E-state index contributed by atoms with van der Waals surface area (Å²) in [4.78, 5) is 12.5. The molecule has 0 bridgehead atoms. The Labute approximate surface area is 194 Å². The van der Waals surface area contributed by atoms with Crippen molar-refractivity contribution in [2.75, 3.05) is 19.6 Å². The second-order valence-electron chi connectivity index (χ2n) is 7.16. The number of carbonyl (C=O) groups is 1. The number of halogens is 3. The molecule has 1 aliphatic rings. The van der Waals surface area contributed by atoms with Gasteiger partial charge in [-0.15, -0.1) is 0 Å². The number of carbonyl (C=O) groups excluding carboxylic acids is 1. The number of piperidine rings is 1. The average molecular weight is 538 g/mol. The molecule has 0 radical (unpaired) electrons. The third kappa shape index (κ3) is 5.37. The van der Waals surface area contributed by atoms with Crippen LogP contribution in [0.1, 0.15) is 41.7 Å². The molecule has 1 aromatic heterocycles. The van der Waals surface area contributed by atoms with Crippen LogP contribution in [0, 0.1) is 6.92 Å². The summed E-state index contributed by atoms with van der Waals surface area (Å²) in [6.45, 7) is 3.83. The molecule has 0 unspecified atom stereocenters. The third-order valence-electron chi connectivity index (χ3n) is 4.94. The largest absolute Gasteiger partial charge is 0.352 e. The Balaban J connectivity index is 1.68. The Bertz CT molecular complexity index is 1020. The summed E-state index contributed by atoms with van der Waals surface area (Å²) in [5, 5.41) is 7.25. The zero-order chi connectivity index (χ0) is 21.9. The lowest BCUT2D eigenvalue weighted by Crippen LogP contribution is -2.36. The fourth-order valence-corrected chi connectivity index (χ4v) is 5.96. The summed E-state index contributed by atoms with van der Waals surface area (Å²) in [6.07, 6.45) is 5.16. The fourth-order valence-electron chi connectivity index (χ4n) is 3.29. The number of aromatic nitrogens is 2. The van der Waals surface area contributed by atoms with Crippen LogP contribution in [0.4, 0.5) is 0 Å². The maximum atomic E-state index is 13.0. The van der Waals surface area contributed by atoms with Gasteiger partial charge in [-0.05, 0) is 54.2 Å². The van der Waals surface area contributed by atoms with Crippen molar-refractivity contribution in [1.82, 2.24) is 19.4 Å². The molecule has 1 fully saturated rings. The van der Waals surface area contributed by atoms with Gasteiger partial charge in [-0.3, -0.25) is 9.48 Å². The van der Waals surface area contributed by atoms with Gasteiger partial charge in [0.05, 0.1) is 25.8 Å². The number of nitrogens with one attached hydrogen (secondary N) is 1. The predicted octanol–water partition coefficient (Wildman–Crippen LogP) is 4.26. The topological polar surface area (TPSA) is 84.3 Å². The lowest BCUT2D eigenvalue weighted by molar-refractivity contribution is 0.0952. The fraction of sp³-hybridized carbons (Fsp3) is 0.474. The van der Waals surface area contributed by atoms with E-state index < -0.39 is 15.9 Å². The maximum Gasteiger partial charge on any atom is 0.252 e. The molecular formula is C19H23BrCl2N4O3S. The van der Waals surface area contributed by atoms with Gasteiger partial charge in [-0.1, -0.05) is 29.6 Å². The molecule has 11 heteroatoms. The molecule has 164 valence electrons. The van der Waals surface area contributed by atoms with E-state index in [-0.39, 0.29) is 20.5 Å². The predicted molar refractivity (Wildman–Crippen MR) is 121 cm³/mol. The lowest BCUT2D eigenvalue weighted by Gasteiger charge is -2.26. The molecule has 1 amide bonds.